The molecule has 2 aromatic rings. The van der Waals surface area contributed by atoms with Crippen molar-refractivity contribution in [2.45, 2.75) is 30.7 Å². The molecule has 0 saturated heterocycles. The third-order valence-corrected chi connectivity index (χ3v) is 6.41. The zero-order valence-electron chi connectivity index (χ0n) is 14.7. The van der Waals surface area contributed by atoms with Crippen LogP contribution in [0.15, 0.2) is 47.4 Å². The molecular weight excluding hydrogens is 366 g/mol. The summed E-state index contributed by atoms with van der Waals surface area (Å²) in [6.45, 7) is 2.08. The van der Waals surface area contributed by atoms with E-state index < -0.39 is 16.1 Å². The normalized spacial score (nSPS) is 16.6. The molecular formula is C19H19N3O4S. The van der Waals surface area contributed by atoms with Crippen LogP contribution in [-0.4, -0.2) is 32.8 Å². The summed E-state index contributed by atoms with van der Waals surface area (Å²) in [6, 6.07) is 11.2. The van der Waals surface area contributed by atoms with Crippen molar-refractivity contribution in [3.8, 4) is 0 Å². The van der Waals surface area contributed by atoms with Crippen molar-refractivity contribution in [3.63, 3.8) is 0 Å². The van der Waals surface area contributed by atoms with Gasteiger partial charge in [-0.2, -0.15) is 4.72 Å². The van der Waals surface area contributed by atoms with Crippen molar-refractivity contribution in [2.24, 2.45) is 0 Å². The maximum Gasteiger partial charge on any atom is 0.244 e. The number of fused-ring (bicyclic) bond motifs is 2. The minimum Gasteiger partial charge on any atom is -0.326 e. The standard InChI is InChI=1S/C19H19N3O4S/c1-12(19(24)22-9-8-13-4-2-3-5-17(13)22)21-27(25,26)15-6-7-16-14(10-15)11-18(23)20-16/h2-7,10,12,21H,8-9,11H2,1H3,(H,20,23)/t12-/m0/s1. The maximum atomic E-state index is 12.8. The zero-order chi connectivity index (χ0) is 19.2. The Balaban J connectivity index is 1.52. The SMILES string of the molecule is C[C@H](NS(=O)(=O)c1ccc2c(c1)CC(=O)N2)C(=O)N1CCc2ccccc21. The van der Waals surface area contributed by atoms with Crippen molar-refractivity contribution in [1.82, 2.24) is 4.72 Å². The number of rotatable bonds is 4. The van der Waals surface area contributed by atoms with E-state index in [1.807, 2.05) is 24.3 Å². The third kappa shape index (κ3) is 3.22. The van der Waals surface area contributed by atoms with Crippen LogP contribution in [-0.2, 0) is 32.5 Å². The van der Waals surface area contributed by atoms with Gasteiger partial charge in [-0.1, -0.05) is 18.2 Å². The predicted octanol–water partition coefficient (Wildman–Crippen LogP) is 1.44. The van der Waals surface area contributed by atoms with Gasteiger partial charge in [0.2, 0.25) is 21.8 Å². The number of para-hydroxylation sites is 1. The molecule has 2 aliphatic rings. The molecule has 2 N–H and O–H groups in total. The molecule has 0 bridgehead atoms. The second kappa shape index (κ2) is 6.47. The lowest BCUT2D eigenvalue weighted by Gasteiger charge is -2.22. The molecule has 2 aliphatic heterocycles. The summed E-state index contributed by atoms with van der Waals surface area (Å²) in [5, 5.41) is 2.67. The van der Waals surface area contributed by atoms with Gasteiger partial charge in [0.15, 0.2) is 0 Å². The van der Waals surface area contributed by atoms with E-state index in [0.29, 0.717) is 17.8 Å². The Morgan fingerprint density at radius 2 is 1.96 bits per heavy atom. The Morgan fingerprint density at radius 3 is 2.78 bits per heavy atom. The topological polar surface area (TPSA) is 95.6 Å². The minimum absolute atomic E-state index is 0.0409. The van der Waals surface area contributed by atoms with Crippen molar-refractivity contribution < 1.29 is 18.0 Å². The number of sulfonamides is 1. The minimum atomic E-state index is -3.89. The average Bonchev–Trinajstić information content (AvgIpc) is 3.22. The summed E-state index contributed by atoms with van der Waals surface area (Å²) < 4.78 is 27.9. The first-order valence-electron chi connectivity index (χ1n) is 8.69. The zero-order valence-corrected chi connectivity index (χ0v) is 15.5. The highest BCUT2D eigenvalue weighted by atomic mass is 32.2. The molecule has 4 rings (SSSR count). The van der Waals surface area contributed by atoms with E-state index in [2.05, 4.69) is 10.0 Å². The summed E-state index contributed by atoms with van der Waals surface area (Å²) in [5.41, 5.74) is 3.17. The molecule has 0 spiro atoms. The van der Waals surface area contributed by atoms with Crippen LogP contribution in [0.1, 0.15) is 18.1 Å². The van der Waals surface area contributed by atoms with Crippen LogP contribution in [0.3, 0.4) is 0 Å². The summed E-state index contributed by atoms with van der Waals surface area (Å²) in [5.74, 6) is -0.453. The molecule has 0 radical (unpaired) electrons. The van der Waals surface area contributed by atoms with Gasteiger partial charge in [-0.25, -0.2) is 8.42 Å². The fraction of sp³-hybridized carbons (Fsp3) is 0.263. The third-order valence-electron chi connectivity index (χ3n) is 4.87. The molecule has 2 heterocycles. The highest BCUT2D eigenvalue weighted by Gasteiger charge is 2.31. The van der Waals surface area contributed by atoms with Crippen molar-refractivity contribution in [1.29, 1.82) is 0 Å². The molecule has 0 aliphatic carbocycles. The molecule has 1 atom stereocenters. The molecule has 0 fully saturated rings. The Hall–Kier alpha value is -2.71. The molecule has 2 amide bonds. The van der Waals surface area contributed by atoms with Gasteiger partial charge in [-0.15, -0.1) is 0 Å². The first-order chi connectivity index (χ1) is 12.8. The number of anilines is 2. The van der Waals surface area contributed by atoms with E-state index in [1.54, 1.807) is 17.9 Å². The molecule has 27 heavy (non-hydrogen) atoms. The number of carbonyl (C=O) groups is 2. The van der Waals surface area contributed by atoms with Crippen LogP contribution in [0, 0.1) is 0 Å². The molecule has 0 unspecified atom stereocenters. The van der Waals surface area contributed by atoms with Gasteiger partial charge in [0.25, 0.3) is 0 Å². The van der Waals surface area contributed by atoms with Crippen molar-refractivity contribution >= 4 is 33.2 Å². The first-order valence-corrected chi connectivity index (χ1v) is 10.2. The Bertz CT molecular complexity index is 1050. The smallest absolute Gasteiger partial charge is 0.244 e. The number of nitrogens with zero attached hydrogens (tertiary/aromatic N) is 1. The monoisotopic (exact) mass is 385 g/mol. The van der Waals surface area contributed by atoms with E-state index in [4.69, 9.17) is 0 Å². The Kier molecular flexibility index (Phi) is 4.24. The molecule has 8 heteroatoms. The first kappa shape index (κ1) is 17.7. The van der Waals surface area contributed by atoms with Crippen LogP contribution < -0.4 is 14.9 Å². The van der Waals surface area contributed by atoms with Crippen LogP contribution >= 0.6 is 0 Å². The van der Waals surface area contributed by atoms with E-state index in [-0.39, 0.29) is 23.1 Å². The van der Waals surface area contributed by atoms with Gasteiger partial charge in [0, 0.05) is 17.9 Å². The summed E-state index contributed by atoms with van der Waals surface area (Å²) in [4.78, 5) is 25.9. The molecule has 2 aromatic carbocycles. The molecule has 0 aromatic heterocycles. The van der Waals surface area contributed by atoms with Gasteiger partial charge in [-0.3, -0.25) is 9.59 Å². The maximum absolute atomic E-state index is 12.8. The van der Waals surface area contributed by atoms with Crippen molar-refractivity contribution in [2.75, 3.05) is 16.8 Å². The van der Waals surface area contributed by atoms with Crippen LogP contribution in [0.4, 0.5) is 11.4 Å². The average molecular weight is 385 g/mol. The van der Waals surface area contributed by atoms with Crippen LogP contribution in [0.5, 0.6) is 0 Å². The highest BCUT2D eigenvalue weighted by Crippen LogP contribution is 2.29. The van der Waals surface area contributed by atoms with E-state index in [1.165, 1.54) is 12.1 Å². The number of amides is 2. The summed E-state index contributed by atoms with van der Waals surface area (Å²) in [6.07, 6.45) is 0.908. The van der Waals surface area contributed by atoms with Gasteiger partial charge in [-0.05, 0) is 48.7 Å². The van der Waals surface area contributed by atoms with E-state index >= 15 is 0 Å². The highest BCUT2D eigenvalue weighted by molar-refractivity contribution is 7.89. The number of nitrogens with one attached hydrogen (secondary N) is 2. The van der Waals surface area contributed by atoms with Gasteiger partial charge >= 0.3 is 0 Å². The fourth-order valence-corrected chi connectivity index (χ4v) is 4.77. The number of hydrogen-bond donors (Lipinski definition) is 2. The molecule has 140 valence electrons. The molecule has 0 saturated carbocycles. The lowest BCUT2D eigenvalue weighted by molar-refractivity contribution is -0.119. The van der Waals surface area contributed by atoms with E-state index in [0.717, 1.165) is 17.7 Å². The predicted molar refractivity (Wildman–Crippen MR) is 101 cm³/mol. The second-order valence-electron chi connectivity index (χ2n) is 6.76. The van der Waals surface area contributed by atoms with Gasteiger partial charge < -0.3 is 10.2 Å². The van der Waals surface area contributed by atoms with Gasteiger partial charge in [0.05, 0.1) is 17.4 Å². The lowest BCUT2D eigenvalue weighted by Crippen LogP contribution is -2.46. The fourth-order valence-electron chi connectivity index (χ4n) is 3.52. The lowest BCUT2D eigenvalue weighted by atomic mass is 10.2. The Morgan fingerprint density at radius 1 is 1.19 bits per heavy atom. The van der Waals surface area contributed by atoms with E-state index in [9.17, 15) is 18.0 Å². The number of carbonyl (C=O) groups excluding carboxylic acids is 2. The number of benzene rings is 2. The number of hydrogen-bond acceptors (Lipinski definition) is 4. The second-order valence-corrected chi connectivity index (χ2v) is 8.47. The summed E-state index contributed by atoms with van der Waals surface area (Å²) >= 11 is 0. The van der Waals surface area contributed by atoms with Crippen LogP contribution in [0.2, 0.25) is 0 Å². The largest absolute Gasteiger partial charge is 0.326 e. The van der Waals surface area contributed by atoms with Gasteiger partial charge in [0.1, 0.15) is 0 Å². The Labute approximate surface area is 157 Å². The quantitative estimate of drug-likeness (QED) is 0.832. The van der Waals surface area contributed by atoms with Crippen LogP contribution in [0.25, 0.3) is 0 Å². The molecule has 7 nitrogen and oxygen atoms in total. The van der Waals surface area contributed by atoms with Crippen molar-refractivity contribution in [3.05, 3.63) is 53.6 Å². The summed E-state index contributed by atoms with van der Waals surface area (Å²) in [7, 11) is -3.89.